The number of hydrogen-bond acceptors (Lipinski definition) is 8. The van der Waals surface area contributed by atoms with Crippen LogP contribution in [-0.2, 0) is 41.5 Å². The Hall–Kier alpha value is -4.29. The van der Waals surface area contributed by atoms with Gasteiger partial charge < -0.3 is 35.1 Å². The minimum atomic E-state index is -1.58. The van der Waals surface area contributed by atoms with Crippen LogP contribution in [0, 0.1) is 5.92 Å². The monoisotopic (exact) mass is 649 g/mol. The lowest BCUT2D eigenvalue weighted by atomic mass is 9.91. The van der Waals surface area contributed by atoms with Crippen molar-refractivity contribution in [1.29, 1.82) is 0 Å². The minimum Gasteiger partial charge on any atom is -0.461 e. The number of benzene rings is 2. The quantitative estimate of drug-likeness (QED) is 0.172. The summed E-state index contributed by atoms with van der Waals surface area (Å²) in [5.41, 5.74) is 1.52. The van der Waals surface area contributed by atoms with Gasteiger partial charge in [-0.3, -0.25) is 14.4 Å². The van der Waals surface area contributed by atoms with E-state index in [0.29, 0.717) is 44.8 Å². The topological polar surface area (TPSA) is 163 Å². The first kappa shape index (κ1) is 35.6. The molecule has 1 fully saturated rings. The number of rotatable bonds is 16. The predicted octanol–water partition coefficient (Wildman–Crippen LogP) is 2.69. The van der Waals surface area contributed by atoms with Crippen molar-refractivity contribution in [2.45, 2.75) is 83.6 Å². The zero-order valence-corrected chi connectivity index (χ0v) is 27.4. The van der Waals surface area contributed by atoms with Gasteiger partial charge in [-0.15, -0.1) is 0 Å². The molecule has 254 valence electrons. The van der Waals surface area contributed by atoms with Crippen molar-refractivity contribution >= 4 is 34.5 Å². The molecule has 2 unspecified atom stereocenters. The van der Waals surface area contributed by atoms with Crippen molar-refractivity contribution in [2.24, 2.45) is 5.92 Å². The average Bonchev–Trinajstić information content (AvgIpc) is 3.59. The van der Waals surface area contributed by atoms with Gasteiger partial charge in [-0.2, -0.15) is 0 Å². The molecule has 4 atom stereocenters. The molecule has 1 aliphatic rings. The maximum atomic E-state index is 14.1. The van der Waals surface area contributed by atoms with Crippen molar-refractivity contribution in [3.05, 3.63) is 66.2 Å². The second-order valence-corrected chi connectivity index (χ2v) is 12.3. The molecular formula is C35H47N5O7. The number of H-pyrrole nitrogens is 1. The van der Waals surface area contributed by atoms with Crippen molar-refractivity contribution < 1.29 is 33.8 Å². The van der Waals surface area contributed by atoms with Crippen molar-refractivity contribution in [3.8, 4) is 0 Å². The number of aromatic amines is 1. The third-order valence-electron chi connectivity index (χ3n) is 8.28. The van der Waals surface area contributed by atoms with E-state index in [1.54, 1.807) is 24.9 Å². The zero-order valence-electron chi connectivity index (χ0n) is 27.4. The number of nitrogens with zero attached hydrogens (tertiary/aromatic N) is 2. The Morgan fingerprint density at radius 1 is 1.02 bits per heavy atom. The van der Waals surface area contributed by atoms with Gasteiger partial charge in [0.25, 0.3) is 0 Å². The molecule has 0 radical (unpaired) electrons. The van der Waals surface area contributed by atoms with Crippen LogP contribution in [-0.4, -0.2) is 94.3 Å². The Kier molecular flexibility index (Phi) is 13.3. The number of unbranched alkanes of at least 4 members (excludes halogenated alkanes) is 1. The van der Waals surface area contributed by atoms with E-state index in [0.717, 1.165) is 22.8 Å². The number of nitrogens with one attached hydrogen (secondary N) is 3. The summed E-state index contributed by atoms with van der Waals surface area (Å²) in [6.07, 6.45) is 3.07. The fourth-order valence-corrected chi connectivity index (χ4v) is 5.74. The molecule has 2 aromatic carbocycles. The van der Waals surface area contributed by atoms with Gasteiger partial charge in [0.05, 0.1) is 37.6 Å². The van der Waals surface area contributed by atoms with E-state index in [2.05, 4.69) is 20.6 Å². The van der Waals surface area contributed by atoms with Crippen LogP contribution in [0.2, 0.25) is 0 Å². The van der Waals surface area contributed by atoms with Gasteiger partial charge in [0.15, 0.2) is 6.10 Å². The number of ether oxygens (including phenoxy) is 2. The van der Waals surface area contributed by atoms with Crippen LogP contribution in [0.4, 0.5) is 0 Å². The number of aliphatic hydroxyl groups excluding tert-OH is 1. The first-order valence-corrected chi connectivity index (χ1v) is 16.4. The molecule has 12 heteroatoms. The molecule has 2 heterocycles. The fourth-order valence-electron chi connectivity index (χ4n) is 5.74. The Balaban J connectivity index is 1.59. The first-order chi connectivity index (χ1) is 22.7. The molecule has 0 bridgehead atoms. The molecule has 0 aliphatic carbocycles. The molecular weight excluding hydrogens is 602 g/mol. The summed E-state index contributed by atoms with van der Waals surface area (Å²) in [6, 6.07) is 11.7. The Labute approximate surface area is 275 Å². The van der Waals surface area contributed by atoms with Crippen LogP contribution < -0.4 is 10.6 Å². The van der Waals surface area contributed by atoms with Crippen LogP contribution in [0.1, 0.15) is 57.7 Å². The molecule has 0 saturated carbocycles. The van der Waals surface area contributed by atoms with Crippen molar-refractivity contribution in [3.63, 3.8) is 0 Å². The number of fused-ring (bicyclic) bond motifs is 1. The van der Waals surface area contributed by atoms with Gasteiger partial charge in [0.1, 0.15) is 6.04 Å². The maximum Gasteiger partial charge on any atom is 0.337 e. The second-order valence-electron chi connectivity index (χ2n) is 12.3. The summed E-state index contributed by atoms with van der Waals surface area (Å²) in [5.74, 6) is -2.80. The maximum absolute atomic E-state index is 14.1. The summed E-state index contributed by atoms with van der Waals surface area (Å²) in [5, 5.41) is 18.5. The number of morpholine rings is 1. The van der Waals surface area contributed by atoms with Crippen LogP contribution in [0.15, 0.2) is 55.0 Å². The predicted molar refractivity (Wildman–Crippen MR) is 176 cm³/mol. The van der Waals surface area contributed by atoms with E-state index in [4.69, 9.17) is 9.47 Å². The van der Waals surface area contributed by atoms with E-state index >= 15 is 0 Å². The molecule has 1 saturated heterocycles. The molecule has 3 aromatic rings. The highest BCUT2D eigenvalue weighted by atomic mass is 16.6. The van der Waals surface area contributed by atoms with Gasteiger partial charge in [0, 0.05) is 37.8 Å². The lowest BCUT2D eigenvalue weighted by Crippen LogP contribution is -2.56. The lowest BCUT2D eigenvalue weighted by Gasteiger charge is -2.29. The van der Waals surface area contributed by atoms with Crippen molar-refractivity contribution in [1.82, 2.24) is 25.5 Å². The molecule has 0 spiro atoms. The highest BCUT2D eigenvalue weighted by Gasteiger charge is 2.34. The van der Waals surface area contributed by atoms with Gasteiger partial charge in [0.2, 0.25) is 17.7 Å². The average molecular weight is 650 g/mol. The first-order valence-electron chi connectivity index (χ1n) is 16.4. The SMILES string of the molecule is CCCC[C@H](NC(=O)[C@H](Cc1cnc[nH]1)NC(=O)C(CC(=O)N1CCOCC1)Cc1cccc2ccccc12)C(O)C(=O)OC(C)C. The highest BCUT2D eigenvalue weighted by molar-refractivity contribution is 5.92. The van der Waals surface area contributed by atoms with Crippen LogP contribution in [0.5, 0.6) is 0 Å². The van der Waals surface area contributed by atoms with Crippen LogP contribution in [0.25, 0.3) is 10.8 Å². The van der Waals surface area contributed by atoms with Gasteiger partial charge >= 0.3 is 5.97 Å². The number of imidazole rings is 1. The minimum absolute atomic E-state index is 0.0493. The Morgan fingerprint density at radius 3 is 2.47 bits per heavy atom. The summed E-state index contributed by atoms with van der Waals surface area (Å²) in [4.78, 5) is 62.7. The largest absolute Gasteiger partial charge is 0.461 e. The molecule has 4 N–H and O–H groups in total. The Bertz CT molecular complexity index is 1470. The van der Waals surface area contributed by atoms with Crippen LogP contribution >= 0.6 is 0 Å². The third kappa shape index (κ3) is 10.4. The van der Waals surface area contributed by atoms with Gasteiger partial charge in [-0.05, 0) is 43.0 Å². The number of hydrogen-bond donors (Lipinski definition) is 4. The van der Waals surface area contributed by atoms with E-state index in [1.807, 2.05) is 49.4 Å². The molecule has 1 aromatic heterocycles. The summed E-state index contributed by atoms with van der Waals surface area (Å²) >= 11 is 0. The summed E-state index contributed by atoms with van der Waals surface area (Å²) < 4.78 is 10.6. The number of amides is 3. The molecule has 4 rings (SSSR count). The number of esters is 1. The second kappa shape index (κ2) is 17.6. The molecule has 47 heavy (non-hydrogen) atoms. The number of carbonyl (C=O) groups is 4. The van der Waals surface area contributed by atoms with Crippen molar-refractivity contribution in [2.75, 3.05) is 26.3 Å². The van der Waals surface area contributed by atoms with E-state index in [9.17, 15) is 24.3 Å². The number of aromatic nitrogens is 2. The molecule has 12 nitrogen and oxygen atoms in total. The summed E-state index contributed by atoms with van der Waals surface area (Å²) in [7, 11) is 0. The van der Waals surface area contributed by atoms with E-state index < -0.39 is 48.0 Å². The highest BCUT2D eigenvalue weighted by Crippen LogP contribution is 2.24. The number of carbonyl (C=O) groups excluding carboxylic acids is 4. The smallest absolute Gasteiger partial charge is 0.337 e. The Morgan fingerprint density at radius 2 is 1.77 bits per heavy atom. The normalized spacial score (nSPS) is 15.9. The lowest BCUT2D eigenvalue weighted by molar-refractivity contribution is -0.159. The third-order valence-corrected chi connectivity index (χ3v) is 8.28. The number of aliphatic hydroxyl groups is 1. The van der Waals surface area contributed by atoms with Gasteiger partial charge in [-0.1, -0.05) is 62.2 Å². The van der Waals surface area contributed by atoms with E-state index in [1.165, 1.54) is 6.33 Å². The molecule has 3 amide bonds. The van der Waals surface area contributed by atoms with Crippen LogP contribution in [0.3, 0.4) is 0 Å². The fraction of sp³-hybridized carbons (Fsp3) is 0.514. The standard InChI is InChI=1S/C35H47N5O7/c1-4-5-13-29(32(42)35(45)47-23(2)3)38-34(44)30(20-27-21-36-22-37-27)39-33(43)26(19-31(41)40-14-16-46-17-15-40)18-25-11-8-10-24-9-6-7-12-28(24)25/h6-12,21-23,26,29-30,32,42H,4-5,13-20H2,1-3H3,(H,36,37)(H,38,44)(H,39,43)/t26?,29-,30-,32?/m0/s1. The zero-order chi connectivity index (χ0) is 33.8. The van der Waals surface area contributed by atoms with Gasteiger partial charge in [-0.25, -0.2) is 9.78 Å². The van der Waals surface area contributed by atoms with E-state index in [-0.39, 0.29) is 25.2 Å². The molecule has 1 aliphatic heterocycles. The summed E-state index contributed by atoms with van der Waals surface area (Å²) in [6.45, 7) is 7.10.